The van der Waals surface area contributed by atoms with Gasteiger partial charge in [0.1, 0.15) is 0 Å². The van der Waals surface area contributed by atoms with Gasteiger partial charge in [-0.15, -0.1) is 0 Å². The predicted molar refractivity (Wildman–Crippen MR) is 90.2 cm³/mol. The number of nitrogens with zero attached hydrogens (tertiary/aromatic N) is 3. The Labute approximate surface area is 150 Å². The molecule has 6 nitrogen and oxygen atoms in total. The Morgan fingerprint density at radius 2 is 1.88 bits per heavy atom. The van der Waals surface area contributed by atoms with Gasteiger partial charge in [0, 0.05) is 38.3 Å². The highest BCUT2D eigenvalue weighted by molar-refractivity contribution is 5.89. The number of anilines is 1. The minimum absolute atomic E-state index is 0.134. The smallest absolute Gasteiger partial charge is 0.422 e. The molecule has 0 spiro atoms. The molecule has 1 aliphatic heterocycles. The van der Waals surface area contributed by atoms with Crippen LogP contribution in [-0.2, 0) is 0 Å². The SMILES string of the molecule is O=C(Nc1ccc(OCC(F)(F)F)nc1)N1CCN(C2CCCC2)CC1. The largest absolute Gasteiger partial charge is 0.468 e. The van der Waals surface area contributed by atoms with Gasteiger partial charge in [-0.05, 0) is 18.9 Å². The van der Waals surface area contributed by atoms with E-state index >= 15 is 0 Å². The minimum Gasteiger partial charge on any atom is -0.468 e. The molecule has 2 amide bonds. The van der Waals surface area contributed by atoms with E-state index in [0.717, 1.165) is 13.1 Å². The maximum absolute atomic E-state index is 12.3. The van der Waals surface area contributed by atoms with E-state index in [-0.39, 0.29) is 11.9 Å². The van der Waals surface area contributed by atoms with Crippen molar-refractivity contribution >= 4 is 11.7 Å². The second kappa shape index (κ2) is 8.11. The van der Waals surface area contributed by atoms with E-state index in [4.69, 9.17) is 0 Å². The highest BCUT2D eigenvalue weighted by atomic mass is 19.4. The van der Waals surface area contributed by atoms with Gasteiger partial charge >= 0.3 is 12.2 Å². The molecule has 144 valence electrons. The molecule has 1 aromatic rings. The molecule has 26 heavy (non-hydrogen) atoms. The van der Waals surface area contributed by atoms with Crippen LogP contribution in [0, 0.1) is 0 Å². The molecule has 1 saturated carbocycles. The van der Waals surface area contributed by atoms with Gasteiger partial charge in [-0.3, -0.25) is 4.90 Å². The van der Waals surface area contributed by atoms with Crippen LogP contribution in [0.15, 0.2) is 18.3 Å². The maximum atomic E-state index is 12.3. The number of rotatable bonds is 4. The van der Waals surface area contributed by atoms with E-state index in [0.29, 0.717) is 24.8 Å². The highest BCUT2D eigenvalue weighted by Gasteiger charge is 2.29. The summed E-state index contributed by atoms with van der Waals surface area (Å²) in [6.07, 6.45) is 1.97. The van der Waals surface area contributed by atoms with Crippen molar-refractivity contribution in [2.24, 2.45) is 0 Å². The lowest BCUT2D eigenvalue weighted by atomic mass is 10.2. The number of piperazine rings is 1. The summed E-state index contributed by atoms with van der Waals surface area (Å²) in [7, 11) is 0. The molecule has 2 aliphatic rings. The fraction of sp³-hybridized carbons (Fsp3) is 0.647. The lowest BCUT2D eigenvalue weighted by Gasteiger charge is -2.37. The number of carbonyl (C=O) groups is 1. The van der Waals surface area contributed by atoms with Crippen molar-refractivity contribution in [1.82, 2.24) is 14.8 Å². The summed E-state index contributed by atoms with van der Waals surface area (Å²) in [5.74, 6) is -0.134. The molecule has 2 heterocycles. The zero-order chi connectivity index (χ0) is 18.6. The normalized spacial score (nSPS) is 19.6. The van der Waals surface area contributed by atoms with Crippen LogP contribution in [0.2, 0.25) is 0 Å². The molecule has 1 aliphatic carbocycles. The van der Waals surface area contributed by atoms with Crippen molar-refractivity contribution in [2.45, 2.75) is 37.9 Å². The summed E-state index contributed by atoms with van der Waals surface area (Å²) >= 11 is 0. The Morgan fingerprint density at radius 1 is 1.19 bits per heavy atom. The Bertz CT molecular complexity index is 595. The number of alkyl halides is 3. The molecule has 9 heteroatoms. The van der Waals surface area contributed by atoms with Crippen LogP contribution in [-0.4, -0.2) is 65.8 Å². The average molecular weight is 372 g/mol. The summed E-state index contributed by atoms with van der Waals surface area (Å²) in [6, 6.07) is 3.22. The quantitative estimate of drug-likeness (QED) is 0.882. The van der Waals surface area contributed by atoms with Crippen molar-refractivity contribution in [1.29, 1.82) is 0 Å². The number of hydrogen-bond acceptors (Lipinski definition) is 4. The zero-order valence-electron chi connectivity index (χ0n) is 14.5. The predicted octanol–water partition coefficient (Wildman–Crippen LogP) is 3.11. The molecule has 2 fully saturated rings. The zero-order valence-corrected chi connectivity index (χ0v) is 14.5. The number of pyridine rings is 1. The lowest BCUT2D eigenvalue weighted by molar-refractivity contribution is -0.154. The number of carbonyl (C=O) groups excluding carboxylic acids is 1. The molecule has 0 radical (unpaired) electrons. The molecular weight excluding hydrogens is 349 g/mol. The van der Waals surface area contributed by atoms with E-state index in [9.17, 15) is 18.0 Å². The average Bonchev–Trinajstić information content (AvgIpc) is 3.15. The standard InChI is InChI=1S/C17H23F3N4O2/c18-17(19,20)12-26-15-6-5-13(11-21-15)22-16(25)24-9-7-23(8-10-24)14-3-1-2-4-14/h5-6,11,14H,1-4,7-10,12H2,(H,22,25). The van der Waals surface area contributed by atoms with Gasteiger partial charge in [-0.25, -0.2) is 9.78 Å². The van der Waals surface area contributed by atoms with Crippen LogP contribution in [0.5, 0.6) is 5.88 Å². The van der Waals surface area contributed by atoms with Crippen LogP contribution in [0.25, 0.3) is 0 Å². The molecule has 1 saturated heterocycles. The number of urea groups is 1. The summed E-state index contributed by atoms with van der Waals surface area (Å²) < 4.78 is 40.9. The monoisotopic (exact) mass is 372 g/mol. The van der Waals surface area contributed by atoms with Crippen LogP contribution in [0.4, 0.5) is 23.7 Å². The fourth-order valence-electron chi connectivity index (χ4n) is 3.46. The number of halogens is 3. The Hall–Kier alpha value is -2.03. The molecule has 0 bridgehead atoms. The highest BCUT2D eigenvalue weighted by Crippen LogP contribution is 2.24. The third kappa shape index (κ3) is 5.23. The van der Waals surface area contributed by atoms with Crippen LogP contribution in [0.1, 0.15) is 25.7 Å². The van der Waals surface area contributed by atoms with Crippen LogP contribution < -0.4 is 10.1 Å². The number of aromatic nitrogens is 1. The Balaban J connectivity index is 1.44. The second-order valence-electron chi connectivity index (χ2n) is 6.68. The number of hydrogen-bond donors (Lipinski definition) is 1. The van der Waals surface area contributed by atoms with E-state index in [1.54, 1.807) is 4.90 Å². The second-order valence-corrected chi connectivity index (χ2v) is 6.68. The first-order valence-corrected chi connectivity index (χ1v) is 8.86. The van der Waals surface area contributed by atoms with Crippen molar-refractivity contribution in [3.63, 3.8) is 0 Å². The first-order valence-electron chi connectivity index (χ1n) is 8.86. The number of amides is 2. The van der Waals surface area contributed by atoms with E-state index in [1.807, 2.05) is 0 Å². The van der Waals surface area contributed by atoms with Crippen molar-refractivity contribution in [3.05, 3.63) is 18.3 Å². The van der Waals surface area contributed by atoms with Gasteiger partial charge in [-0.2, -0.15) is 13.2 Å². The summed E-state index contributed by atoms with van der Waals surface area (Å²) in [5, 5.41) is 2.72. The first-order chi connectivity index (χ1) is 12.4. The van der Waals surface area contributed by atoms with Gasteiger partial charge in [0.15, 0.2) is 6.61 Å². The number of ether oxygens (including phenoxy) is 1. The maximum Gasteiger partial charge on any atom is 0.422 e. The lowest BCUT2D eigenvalue weighted by Crippen LogP contribution is -2.52. The van der Waals surface area contributed by atoms with Gasteiger partial charge in [0.2, 0.25) is 5.88 Å². The molecule has 0 aromatic carbocycles. The Kier molecular flexibility index (Phi) is 5.85. The molecular formula is C17H23F3N4O2. The molecule has 1 aromatic heterocycles. The van der Waals surface area contributed by atoms with Crippen molar-refractivity contribution < 1.29 is 22.7 Å². The summed E-state index contributed by atoms with van der Waals surface area (Å²) in [6.45, 7) is 1.70. The van der Waals surface area contributed by atoms with E-state index in [1.165, 1.54) is 44.0 Å². The molecule has 3 rings (SSSR count). The Morgan fingerprint density at radius 3 is 2.46 bits per heavy atom. The van der Waals surface area contributed by atoms with Crippen LogP contribution >= 0.6 is 0 Å². The number of nitrogens with one attached hydrogen (secondary N) is 1. The van der Waals surface area contributed by atoms with Gasteiger partial charge in [0.25, 0.3) is 0 Å². The van der Waals surface area contributed by atoms with Gasteiger partial charge in [0.05, 0.1) is 11.9 Å². The third-order valence-corrected chi connectivity index (χ3v) is 4.81. The third-order valence-electron chi connectivity index (χ3n) is 4.81. The van der Waals surface area contributed by atoms with E-state index < -0.39 is 12.8 Å². The fourth-order valence-corrected chi connectivity index (χ4v) is 3.46. The van der Waals surface area contributed by atoms with Crippen LogP contribution in [0.3, 0.4) is 0 Å². The minimum atomic E-state index is -4.41. The first kappa shape index (κ1) is 18.8. The van der Waals surface area contributed by atoms with Crippen molar-refractivity contribution in [2.75, 3.05) is 38.1 Å². The topological polar surface area (TPSA) is 57.7 Å². The van der Waals surface area contributed by atoms with Gasteiger partial charge < -0.3 is 15.0 Å². The summed E-state index contributed by atoms with van der Waals surface area (Å²) in [4.78, 5) is 20.3. The van der Waals surface area contributed by atoms with Crippen molar-refractivity contribution in [3.8, 4) is 5.88 Å². The van der Waals surface area contributed by atoms with E-state index in [2.05, 4.69) is 19.9 Å². The molecule has 0 atom stereocenters. The molecule has 0 unspecified atom stereocenters. The summed E-state index contributed by atoms with van der Waals surface area (Å²) in [5.41, 5.74) is 0.424. The molecule has 1 N–H and O–H groups in total. The van der Waals surface area contributed by atoms with Gasteiger partial charge in [-0.1, -0.05) is 12.8 Å².